The van der Waals surface area contributed by atoms with Crippen molar-refractivity contribution in [2.75, 3.05) is 11.9 Å². The number of anilines is 2. The highest BCUT2D eigenvalue weighted by Crippen LogP contribution is 2.39. The monoisotopic (exact) mass is 423 g/mol. The van der Waals surface area contributed by atoms with Crippen molar-refractivity contribution in [1.29, 1.82) is 0 Å². The molecule has 1 aliphatic heterocycles. The lowest BCUT2D eigenvalue weighted by molar-refractivity contribution is -0.0504. The summed E-state index contributed by atoms with van der Waals surface area (Å²) in [4.78, 5) is 30.3. The second-order valence-electron chi connectivity index (χ2n) is 6.37. The van der Waals surface area contributed by atoms with E-state index in [0.29, 0.717) is 17.0 Å². The molecule has 12 nitrogen and oxygen atoms in total. The summed E-state index contributed by atoms with van der Waals surface area (Å²) in [6.45, 7) is -0.596. The number of rotatable bonds is 6. The van der Waals surface area contributed by atoms with E-state index in [1.165, 1.54) is 17.2 Å². The fourth-order valence-electron chi connectivity index (χ4n) is 3.06. The topological polar surface area (TPSA) is 172 Å². The maximum absolute atomic E-state index is 10.9. The third-order valence-corrected chi connectivity index (χ3v) is 4.90. The van der Waals surface area contributed by atoms with Gasteiger partial charge in [-0.05, 0) is 12.1 Å². The van der Waals surface area contributed by atoms with Gasteiger partial charge in [0.2, 0.25) is 0 Å². The molecule has 0 bridgehead atoms. The van der Waals surface area contributed by atoms with Gasteiger partial charge in [-0.25, -0.2) is 19.5 Å². The van der Waals surface area contributed by atoms with Crippen molar-refractivity contribution >= 4 is 30.5 Å². The Morgan fingerprint density at radius 2 is 1.90 bits per heavy atom. The lowest BCUT2D eigenvalue weighted by Gasteiger charge is -2.16. The first kappa shape index (κ1) is 19.9. The van der Waals surface area contributed by atoms with E-state index in [9.17, 15) is 14.8 Å². The van der Waals surface area contributed by atoms with Gasteiger partial charge in [-0.15, -0.1) is 0 Å². The Labute approximate surface area is 164 Å². The van der Waals surface area contributed by atoms with Crippen molar-refractivity contribution in [3.8, 4) is 0 Å². The van der Waals surface area contributed by atoms with Crippen LogP contribution < -0.4 is 5.32 Å². The second-order valence-corrected chi connectivity index (χ2v) is 7.61. The van der Waals surface area contributed by atoms with Gasteiger partial charge in [0.15, 0.2) is 23.2 Å². The highest BCUT2D eigenvalue weighted by molar-refractivity contribution is 7.46. The molecule has 154 valence electrons. The zero-order valence-corrected chi connectivity index (χ0v) is 15.7. The van der Waals surface area contributed by atoms with Crippen LogP contribution in [0.15, 0.2) is 43.0 Å². The number of fused-ring (bicyclic) bond motifs is 1. The van der Waals surface area contributed by atoms with Crippen molar-refractivity contribution in [1.82, 2.24) is 19.5 Å². The maximum Gasteiger partial charge on any atom is 0.469 e. The zero-order valence-electron chi connectivity index (χ0n) is 14.8. The van der Waals surface area contributed by atoms with Gasteiger partial charge in [-0.1, -0.05) is 18.2 Å². The van der Waals surface area contributed by atoms with Crippen molar-refractivity contribution in [3.05, 3.63) is 43.0 Å². The lowest BCUT2D eigenvalue weighted by atomic mass is 10.1. The summed E-state index contributed by atoms with van der Waals surface area (Å²) in [5.41, 5.74) is 1.55. The Morgan fingerprint density at radius 1 is 1.14 bits per heavy atom. The molecular formula is C16H18N5O7P. The summed E-state index contributed by atoms with van der Waals surface area (Å²) in [5.74, 6) is 0.439. The molecule has 0 amide bonds. The molecule has 1 unspecified atom stereocenters. The van der Waals surface area contributed by atoms with E-state index in [4.69, 9.17) is 14.5 Å². The summed E-state index contributed by atoms with van der Waals surface area (Å²) in [5, 5.41) is 23.6. The van der Waals surface area contributed by atoms with E-state index in [2.05, 4.69) is 24.8 Å². The van der Waals surface area contributed by atoms with Gasteiger partial charge in [-0.3, -0.25) is 9.09 Å². The minimum absolute atomic E-state index is 0.339. The number of aromatic nitrogens is 4. The van der Waals surface area contributed by atoms with Gasteiger partial charge >= 0.3 is 7.82 Å². The quantitative estimate of drug-likeness (QED) is 0.345. The highest BCUT2D eigenvalue weighted by Gasteiger charge is 2.45. The van der Waals surface area contributed by atoms with Crippen LogP contribution in [0.1, 0.15) is 6.23 Å². The predicted octanol–water partition coefficient (Wildman–Crippen LogP) is 0.298. The van der Waals surface area contributed by atoms with Crippen LogP contribution in [0.4, 0.5) is 11.5 Å². The zero-order chi connectivity index (χ0) is 20.6. The van der Waals surface area contributed by atoms with Crippen LogP contribution in [0.3, 0.4) is 0 Å². The van der Waals surface area contributed by atoms with Crippen molar-refractivity contribution in [2.24, 2.45) is 0 Å². The molecule has 1 aliphatic rings. The first-order valence-electron chi connectivity index (χ1n) is 8.55. The SMILES string of the molecule is O=P(O)(O)OC[C@H]1O[C@@H](n2cnc3c(Nc4ccccc4)ncnc32)[C@@H](O)C1O. The number of hydrogen-bond donors (Lipinski definition) is 5. The van der Waals surface area contributed by atoms with Crippen LogP contribution in [0.5, 0.6) is 0 Å². The fourth-order valence-corrected chi connectivity index (χ4v) is 3.40. The molecule has 29 heavy (non-hydrogen) atoms. The smallest absolute Gasteiger partial charge is 0.387 e. The van der Waals surface area contributed by atoms with E-state index in [0.717, 1.165) is 5.69 Å². The first-order chi connectivity index (χ1) is 13.8. The molecular weight excluding hydrogens is 405 g/mol. The number of imidazole rings is 1. The summed E-state index contributed by atoms with van der Waals surface area (Å²) < 4.78 is 22.2. The van der Waals surface area contributed by atoms with Crippen molar-refractivity contribution in [3.63, 3.8) is 0 Å². The predicted molar refractivity (Wildman–Crippen MR) is 99.0 cm³/mol. The average molecular weight is 423 g/mol. The number of phosphoric acid groups is 1. The van der Waals surface area contributed by atoms with Gasteiger partial charge < -0.3 is 30.1 Å². The molecule has 1 saturated heterocycles. The summed E-state index contributed by atoms with van der Waals surface area (Å²) in [6, 6.07) is 9.33. The van der Waals surface area contributed by atoms with Crippen molar-refractivity contribution in [2.45, 2.75) is 24.5 Å². The van der Waals surface area contributed by atoms with Crippen LogP contribution in [-0.4, -0.2) is 64.4 Å². The number of para-hydroxylation sites is 1. The molecule has 0 saturated carbocycles. The lowest BCUT2D eigenvalue weighted by Crippen LogP contribution is -2.33. The number of ether oxygens (including phenoxy) is 1. The van der Waals surface area contributed by atoms with Crippen LogP contribution in [0.25, 0.3) is 11.2 Å². The Kier molecular flexibility index (Phi) is 5.32. The van der Waals surface area contributed by atoms with Gasteiger partial charge in [0.1, 0.15) is 24.6 Å². The molecule has 3 aromatic rings. The minimum atomic E-state index is -4.74. The molecule has 13 heteroatoms. The molecule has 1 aromatic carbocycles. The number of nitrogens with one attached hydrogen (secondary N) is 1. The van der Waals surface area contributed by atoms with Crippen LogP contribution >= 0.6 is 7.82 Å². The maximum atomic E-state index is 10.9. The van der Waals surface area contributed by atoms with Gasteiger partial charge in [0.05, 0.1) is 12.9 Å². The van der Waals surface area contributed by atoms with E-state index in [1.807, 2.05) is 30.3 Å². The normalized spacial score (nSPS) is 24.8. The number of aliphatic hydroxyl groups excluding tert-OH is 2. The standard InChI is InChI=1S/C16H18N5O7P/c22-12-10(6-27-29(24,25)26)28-16(13(12)23)21-8-19-11-14(17-7-18-15(11)21)20-9-4-2-1-3-5-9/h1-5,7-8,10,12-13,16,22-23H,6H2,(H,17,18,20)(H2,24,25,26)/t10-,12?,13+,16-/m1/s1. The molecule has 3 heterocycles. The van der Waals surface area contributed by atoms with Gasteiger partial charge in [0, 0.05) is 5.69 Å². The molecule has 2 aromatic heterocycles. The second kappa shape index (κ2) is 7.76. The van der Waals surface area contributed by atoms with E-state index in [1.54, 1.807) is 0 Å². The molecule has 4 atom stereocenters. The number of phosphoric ester groups is 1. The Hall–Kier alpha value is -2.44. The number of aliphatic hydroxyl groups is 2. The first-order valence-corrected chi connectivity index (χ1v) is 10.1. The largest absolute Gasteiger partial charge is 0.469 e. The van der Waals surface area contributed by atoms with E-state index in [-0.39, 0.29) is 0 Å². The van der Waals surface area contributed by atoms with E-state index < -0.39 is 39.0 Å². The highest BCUT2D eigenvalue weighted by atomic mass is 31.2. The number of hydrogen-bond acceptors (Lipinski definition) is 9. The van der Waals surface area contributed by atoms with Gasteiger partial charge in [0.25, 0.3) is 0 Å². The fraction of sp³-hybridized carbons (Fsp3) is 0.312. The minimum Gasteiger partial charge on any atom is -0.387 e. The van der Waals surface area contributed by atoms with Crippen molar-refractivity contribution < 1.29 is 33.8 Å². The third-order valence-electron chi connectivity index (χ3n) is 4.41. The summed E-state index contributed by atoms with van der Waals surface area (Å²) in [6.07, 6.45) is -2.35. The Balaban J connectivity index is 1.60. The van der Waals surface area contributed by atoms with Crippen LogP contribution in [-0.2, 0) is 13.8 Å². The third kappa shape index (κ3) is 4.14. The molecule has 0 radical (unpaired) electrons. The molecule has 1 fully saturated rings. The Morgan fingerprint density at radius 3 is 2.62 bits per heavy atom. The Bertz CT molecular complexity index is 1040. The molecule has 0 aliphatic carbocycles. The summed E-state index contributed by atoms with van der Waals surface area (Å²) >= 11 is 0. The summed E-state index contributed by atoms with van der Waals surface area (Å²) in [7, 11) is -4.74. The molecule has 0 spiro atoms. The van der Waals surface area contributed by atoms with Crippen LogP contribution in [0.2, 0.25) is 0 Å². The average Bonchev–Trinajstić information content (AvgIpc) is 3.23. The van der Waals surface area contributed by atoms with Crippen LogP contribution in [0, 0.1) is 0 Å². The number of nitrogens with zero attached hydrogens (tertiary/aromatic N) is 4. The number of benzene rings is 1. The van der Waals surface area contributed by atoms with Gasteiger partial charge in [-0.2, -0.15) is 0 Å². The molecule has 4 rings (SSSR count). The van der Waals surface area contributed by atoms with E-state index >= 15 is 0 Å². The molecule has 5 N–H and O–H groups in total.